The van der Waals surface area contributed by atoms with Crippen molar-refractivity contribution in [3.8, 4) is 0 Å². The summed E-state index contributed by atoms with van der Waals surface area (Å²) in [5, 5.41) is 8.12. The van der Waals surface area contributed by atoms with Gasteiger partial charge in [0.1, 0.15) is 11.4 Å². The van der Waals surface area contributed by atoms with Gasteiger partial charge in [-0.1, -0.05) is 11.6 Å². The van der Waals surface area contributed by atoms with E-state index in [1.165, 1.54) is 6.07 Å². The summed E-state index contributed by atoms with van der Waals surface area (Å²) >= 11 is 5.78. The fourth-order valence-electron chi connectivity index (χ4n) is 2.35. The zero-order chi connectivity index (χ0) is 22.3. The van der Waals surface area contributed by atoms with E-state index in [1.807, 2.05) is 0 Å². The van der Waals surface area contributed by atoms with Crippen molar-refractivity contribution >= 4 is 40.9 Å². The second kappa shape index (κ2) is 10.1. The number of halogens is 2. The first kappa shape index (κ1) is 23.2. The van der Waals surface area contributed by atoms with Gasteiger partial charge in [-0.2, -0.15) is 0 Å². The minimum absolute atomic E-state index is 0.0538. The molecule has 0 aromatic heterocycles. The van der Waals surface area contributed by atoms with E-state index in [2.05, 4.69) is 16.0 Å². The standard InChI is InChI=1S/C21H23ClFN3O4/c1-21(2,3)30-20(29)26-16-9-8-15(23)12-17(16)25-18(27)10-11-24-19(28)13-4-6-14(22)7-5-13/h4-9,12H,10-11H2,1-3H3,(H,24,28)(H,25,27)(H,26,29). The van der Waals surface area contributed by atoms with Gasteiger partial charge >= 0.3 is 6.09 Å². The minimum atomic E-state index is -0.736. The highest BCUT2D eigenvalue weighted by Crippen LogP contribution is 2.24. The average Bonchev–Trinajstić information content (AvgIpc) is 2.63. The van der Waals surface area contributed by atoms with Crippen molar-refractivity contribution in [1.29, 1.82) is 0 Å². The molecular formula is C21H23ClFN3O4. The van der Waals surface area contributed by atoms with Crippen molar-refractivity contribution in [2.24, 2.45) is 0 Å². The molecular weight excluding hydrogens is 413 g/mol. The monoisotopic (exact) mass is 435 g/mol. The highest BCUT2D eigenvalue weighted by Gasteiger charge is 2.18. The highest BCUT2D eigenvalue weighted by molar-refractivity contribution is 6.30. The molecule has 2 aromatic rings. The highest BCUT2D eigenvalue weighted by atomic mass is 35.5. The Balaban J connectivity index is 1.92. The van der Waals surface area contributed by atoms with Crippen LogP contribution in [-0.4, -0.2) is 30.1 Å². The normalized spacial score (nSPS) is 10.8. The van der Waals surface area contributed by atoms with E-state index in [0.29, 0.717) is 10.6 Å². The van der Waals surface area contributed by atoms with Crippen LogP contribution in [0.15, 0.2) is 42.5 Å². The Morgan fingerprint density at radius 3 is 2.30 bits per heavy atom. The van der Waals surface area contributed by atoms with Crippen molar-refractivity contribution < 1.29 is 23.5 Å². The van der Waals surface area contributed by atoms with Crippen molar-refractivity contribution in [3.05, 3.63) is 58.9 Å². The van der Waals surface area contributed by atoms with Crippen molar-refractivity contribution in [2.45, 2.75) is 32.8 Å². The lowest BCUT2D eigenvalue weighted by molar-refractivity contribution is -0.116. The number of ether oxygens (including phenoxy) is 1. The Kier molecular flexibility index (Phi) is 7.77. The molecule has 3 amide bonds. The Morgan fingerprint density at radius 1 is 1.00 bits per heavy atom. The first-order valence-corrected chi connectivity index (χ1v) is 9.54. The summed E-state index contributed by atoms with van der Waals surface area (Å²) in [4.78, 5) is 36.2. The molecule has 0 heterocycles. The molecule has 3 N–H and O–H groups in total. The van der Waals surface area contributed by atoms with Crippen LogP contribution in [0.2, 0.25) is 5.02 Å². The minimum Gasteiger partial charge on any atom is -0.444 e. The quantitative estimate of drug-likeness (QED) is 0.618. The van der Waals surface area contributed by atoms with E-state index in [9.17, 15) is 18.8 Å². The molecule has 160 valence electrons. The van der Waals surface area contributed by atoms with Crippen LogP contribution in [0.25, 0.3) is 0 Å². The van der Waals surface area contributed by atoms with Gasteiger partial charge in [0.25, 0.3) is 5.91 Å². The van der Waals surface area contributed by atoms with Gasteiger partial charge < -0.3 is 15.4 Å². The zero-order valence-electron chi connectivity index (χ0n) is 16.8. The van der Waals surface area contributed by atoms with Crippen molar-refractivity contribution in [3.63, 3.8) is 0 Å². The van der Waals surface area contributed by atoms with Crippen LogP contribution in [0.4, 0.5) is 20.6 Å². The molecule has 0 atom stereocenters. The summed E-state index contributed by atoms with van der Waals surface area (Å²) in [6.45, 7) is 5.19. The fraction of sp³-hybridized carbons (Fsp3) is 0.286. The molecule has 0 aliphatic rings. The van der Waals surface area contributed by atoms with Crippen LogP contribution in [0.1, 0.15) is 37.6 Å². The summed E-state index contributed by atoms with van der Waals surface area (Å²) in [5.41, 5.74) is -0.0385. The smallest absolute Gasteiger partial charge is 0.412 e. The second-order valence-corrected chi connectivity index (χ2v) is 7.81. The Bertz CT molecular complexity index is 927. The van der Waals surface area contributed by atoms with Gasteiger partial charge in [-0.05, 0) is 63.2 Å². The summed E-state index contributed by atoms with van der Waals surface area (Å²) < 4.78 is 18.8. The molecule has 30 heavy (non-hydrogen) atoms. The van der Waals surface area contributed by atoms with Gasteiger partial charge in [0.05, 0.1) is 11.4 Å². The molecule has 0 saturated carbocycles. The summed E-state index contributed by atoms with van der Waals surface area (Å²) in [7, 11) is 0. The molecule has 2 aromatic carbocycles. The zero-order valence-corrected chi connectivity index (χ0v) is 17.6. The van der Waals surface area contributed by atoms with Crippen LogP contribution >= 0.6 is 11.6 Å². The van der Waals surface area contributed by atoms with Crippen molar-refractivity contribution in [2.75, 3.05) is 17.2 Å². The largest absolute Gasteiger partial charge is 0.444 e. The second-order valence-electron chi connectivity index (χ2n) is 7.38. The van der Waals surface area contributed by atoms with E-state index in [1.54, 1.807) is 45.0 Å². The van der Waals surface area contributed by atoms with Crippen LogP contribution in [0.5, 0.6) is 0 Å². The van der Waals surface area contributed by atoms with E-state index in [0.717, 1.165) is 12.1 Å². The van der Waals surface area contributed by atoms with Gasteiger partial charge in [-0.3, -0.25) is 14.9 Å². The van der Waals surface area contributed by atoms with Crippen LogP contribution in [0.3, 0.4) is 0 Å². The first-order chi connectivity index (χ1) is 14.0. The predicted molar refractivity (Wildman–Crippen MR) is 113 cm³/mol. The Hall–Kier alpha value is -3.13. The number of nitrogens with one attached hydrogen (secondary N) is 3. The maximum atomic E-state index is 13.6. The molecule has 0 bridgehead atoms. The molecule has 0 aliphatic carbocycles. The van der Waals surface area contributed by atoms with Gasteiger partial charge in [-0.25, -0.2) is 9.18 Å². The van der Waals surface area contributed by atoms with E-state index in [4.69, 9.17) is 16.3 Å². The number of rotatable bonds is 6. The maximum absolute atomic E-state index is 13.6. The van der Waals surface area contributed by atoms with Gasteiger partial charge in [0, 0.05) is 23.6 Å². The molecule has 0 unspecified atom stereocenters. The third kappa shape index (κ3) is 7.71. The van der Waals surface area contributed by atoms with Crippen LogP contribution < -0.4 is 16.0 Å². The molecule has 0 radical (unpaired) electrons. The molecule has 9 heteroatoms. The Labute approximate surface area is 178 Å². The maximum Gasteiger partial charge on any atom is 0.412 e. The summed E-state index contributed by atoms with van der Waals surface area (Å²) in [6, 6.07) is 9.86. The predicted octanol–water partition coefficient (Wildman–Crippen LogP) is 4.58. The lowest BCUT2D eigenvalue weighted by atomic mass is 10.2. The molecule has 2 rings (SSSR count). The Morgan fingerprint density at radius 2 is 1.67 bits per heavy atom. The number of carbonyl (C=O) groups excluding carboxylic acids is 3. The molecule has 0 spiro atoms. The van der Waals surface area contributed by atoms with E-state index < -0.39 is 23.4 Å². The lowest BCUT2D eigenvalue weighted by Crippen LogP contribution is -2.28. The number of hydrogen-bond donors (Lipinski definition) is 3. The average molecular weight is 436 g/mol. The number of benzene rings is 2. The molecule has 0 aliphatic heterocycles. The van der Waals surface area contributed by atoms with E-state index in [-0.39, 0.29) is 30.2 Å². The number of anilines is 2. The fourth-order valence-corrected chi connectivity index (χ4v) is 2.47. The van der Waals surface area contributed by atoms with Crippen LogP contribution in [0, 0.1) is 5.82 Å². The third-order valence-corrected chi connectivity index (χ3v) is 3.89. The van der Waals surface area contributed by atoms with Gasteiger partial charge in [0.2, 0.25) is 5.91 Å². The summed E-state index contributed by atoms with van der Waals surface area (Å²) in [5.74, 6) is -1.40. The molecule has 0 fully saturated rings. The van der Waals surface area contributed by atoms with Gasteiger partial charge in [0.15, 0.2) is 0 Å². The first-order valence-electron chi connectivity index (χ1n) is 9.17. The van der Waals surface area contributed by atoms with Crippen LogP contribution in [-0.2, 0) is 9.53 Å². The molecule has 7 nitrogen and oxygen atoms in total. The summed E-state index contributed by atoms with van der Waals surface area (Å²) in [6.07, 6.45) is -0.790. The number of carbonyl (C=O) groups is 3. The number of hydrogen-bond acceptors (Lipinski definition) is 4. The third-order valence-electron chi connectivity index (χ3n) is 3.64. The lowest BCUT2D eigenvalue weighted by Gasteiger charge is -2.20. The van der Waals surface area contributed by atoms with Gasteiger partial charge in [-0.15, -0.1) is 0 Å². The van der Waals surface area contributed by atoms with E-state index >= 15 is 0 Å². The SMILES string of the molecule is CC(C)(C)OC(=O)Nc1ccc(F)cc1NC(=O)CCNC(=O)c1ccc(Cl)cc1. The topological polar surface area (TPSA) is 96.5 Å². The molecule has 0 saturated heterocycles. The number of amides is 3. The van der Waals surface area contributed by atoms with Crippen molar-refractivity contribution in [1.82, 2.24) is 5.32 Å².